The largest absolute Gasteiger partial charge is 0.497 e. The summed E-state index contributed by atoms with van der Waals surface area (Å²) in [6.45, 7) is 1.55. The van der Waals surface area contributed by atoms with Gasteiger partial charge in [-0.2, -0.15) is 0 Å². The van der Waals surface area contributed by atoms with Crippen LogP contribution in [0.3, 0.4) is 0 Å². The Morgan fingerprint density at radius 3 is 2.23 bits per heavy atom. The first kappa shape index (κ1) is 18.2. The molecule has 1 saturated heterocycles. The van der Waals surface area contributed by atoms with Crippen molar-refractivity contribution in [2.45, 2.75) is 25.7 Å². The van der Waals surface area contributed by atoms with Gasteiger partial charge in [-0.3, -0.25) is 9.59 Å². The van der Waals surface area contributed by atoms with Gasteiger partial charge in [0.2, 0.25) is 0 Å². The lowest BCUT2D eigenvalue weighted by Crippen LogP contribution is -2.38. The van der Waals surface area contributed by atoms with Crippen LogP contribution < -0.4 is 4.74 Å². The number of hydrogen-bond donors (Lipinski definition) is 0. The summed E-state index contributed by atoms with van der Waals surface area (Å²) in [6, 6.07) is 16.7. The van der Waals surface area contributed by atoms with Gasteiger partial charge in [-0.15, -0.1) is 0 Å². The fourth-order valence-electron chi connectivity index (χ4n) is 3.44. The molecule has 0 spiro atoms. The van der Waals surface area contributed by atoms with Crippen LogP contribution in [-0.4, -0.2) is 36.8 Å². The molecule has 0 aromatic heterocycles. The van der Waals surface area contributed by atoms with Crippen LogP contribution in [0.25, 0.3) is 0 Å². The number of hydrogen-bond acceptors (Lipinski definition) is 3. The molecule has 0 radical (unpaired) electrons. The number of Topliss-reactive ketones (excluding diaryl/α,β-unsaturated/α-hetero) is 1. The second-order valence-corrected chi connectivity index (χ2v) is 6.79. The molecule has 3 rings (SSSR count). The smallest absolute Gasteiger partial charge is 0.253 e. The summed E-state index contributed by atoms with van der Waals surface area (Å²) in [5, 5.41) is 0. The number of benzene rings is 2. The van der Waals surface area contributed by atoms with Gasteiger partial charge in [-0.05, 0) is 61.6 Å². The van der Waals surface area contributed by atoms with Gasteiger partial charge >= 0.3 is 0 Å². The van der Waals surface area contributed by atoms with Gasteiger partial charge < -0.3 is 9.64 Å². The van der Waals surface area contributed by atoms with Crippen molar-refractivity contribution in [3.05, 3.63) is 65.7 Å². The molecule has 26 heavy (non-hydrogen) atoms. The molecule has 2 aromatic rings. The van der Waals surface area contributed by atoms with Crippen LogP contribution >= 0.6 is 0 Å². The highest BCUT2D eigenvalue weighted by Gasteiger charge is 2.24. The number of carbonyl (C=O) groups excluding carboxylic acids is 2. The lowest BCUT2D eigenvalue weighted by Gasteiger charge is -2.32. The Morgan fingerprint density at radius 1 is 0.962 bits per heavy atom. The quantitative estimate of drug-likeness (QED) is 0.733. The number of ketones is 1. The molecule has 1 aliphatic rings. The van der Waals surface area contributed by atoms with Gasteiger partial charge in [0.25, 0.3) is 5.91 Å². The van der Waals surface area contributed by atoms with E-state index in [4.69, 9.17) is 4.74 Å². The van der Waals surface area contributed by atoms with Crippen molar-refractivity contribution >= 4 is 11.7 Å². The summed E-state index contributed by atoms with van der Waals surface area (Å²) in [6.07, 6.45) is 3.38. The van der Waals surface area contributed by atoms with Crippen molar-refractivity contribution in [3.63, 3.8) is 0 Å². The molecule has 1 aliphatic heterocycles. The highest BCUT2D eigenvalue weighted by molar-refractivity contribution is 5.96. The van der Waals surface area contributed by atoms with E-state index < -0.39 is 0 Å². The molecule has 4 heteroatoms. The standard InChI is InChI=1S/C22H25NO3/c1-26-20-10-8-18(9-11-20)21(24)12-7-17-13-15-23(16-14-17)22(25)19-5-3-2-4-6-19/h2-6,8-11,17H,7,12-16H2,1H3. The molecule has 0 unspecified atom stereocenters. The van der Waals surface area contributed by atoms with E-state index in [0.29, 0.717) is 12.3 Å². The maximum Gasteiger partial charge on any atom is 0.253 e. The summed E-state index contributed by atoms with van der Waals surface area (Å²) in [5.41, 5.74) is 1.49. The molecule has 136 valence electrons. The molecule has 0 N–H and O–H groups in total. The molecule has 0 aliphatic carbocycles. The Kier molecular flexibility index (Phi) is 6.05. The lowest BCUT2D eigenvalue weighted by atomic mass is 9.90. The highest BCUT2D eigenvalue weighted by Crippen LogP contribution is 2.24. The number of nitrogens with zero attached hydrogens (tertiary/aromatic N) is 1. The molecule has 4 nitrogen and oxygen atoms in total. The average molecular weight is 351 g/mol. The van der Waals surface area contributed by atoms with Gasteiger partial charge in [0.05, 0.1) is 7.11 Å². The van der Waals surface area contributed by atoms with E-state index in [1.54, 1.807) is 7.11 Å². The number of carbonyl (C=O) groups is 2. The number of amides is 1. The first-order chi connectivity index (χ1) is 12.7. The van der Waals surface area contributed by atoms with Gasteiger partial charge in [-0.1, -0.05) is 18.2 Å². The number of ether oxygens (including phenoxy) is 1. The first-order valence-corrected chi connectivity index (χ1v) is 9.19. The molecule has 1 amide bonds. The second kappa shape index (κ2) is 8.65. The van der Waals surface area contributed by atoms with Crippen molar-refractivity contribution in [2.24, 2.45) is 5.92 Å². The van der Waals surface area contributed by atoms with E-state index in [0.717, 1.165) is 49.2 Å². The number of likely N-dealkylation sites (tertiary alicyclic amines) is 1. The third kappa shape index (κ3) is 4.51. The predicted octanol–water partition coefficient (Wildman–Crippen LogP) is 4.21. The SMILES string of the molecule is COc1ccc(C(=O)CCC2CCN(C(=O)c3ccccc3)CC2)cc1. The Morgan fingerprint density at radius 2 is 1.62 bits per heavy atom. The molecule has 0 bridgehead atoms. The zero-order valence-corrected chi connectivity index (χ0v) is 15.2. The van der Waals surface area contributed by atoms with Crippen LogP contribution in [-0.2, 0) is 0 Å². The number of rotatable bonds is 6. The molecule has 1 fully saturated rings. The number of methoxy groups -OCH3 is 1. The van der Waals surface area contributed by atoms with Crippen LogP contribution in [0.1, 0.15) is 46.4 Å². The first-order valence-electron chi connectivity index (χ1n) is 9.19. The summed E-state index contributed by atoms with van der Waals surface area (Å²) < 4.78 is 5.12. The van der Waals surface area contributed by atoms with Crippen molar-refractivity contribution < 1.29 is 14.3 Å². The topological polar surface area (TPSA) is 46.6 Å². The lowest BCUT2D eigenvalue weighted by molar-refractivity contribution is 0.0681. The molecule has 0 atom stereocenters. The van der Waals surface area contributed by atoms with E-state index >= 15 is 0 Å². The van der Waals surface area contributed by atoms with Crippen LogP contribution in [0, 0.1) is 5.92 Å². The number of piperidine rings is 1. The van der Waals surface area contributed by atoms with Crippen molar-refractivity contribution in [1.29, 1.82) is 0 Å². The molecular weight excluding hydrogens is 326 g/mol. The zero-order valence-electron chi connectivity index (χ0n) is 15.2. The maximum atomic E-state index is 12.5. The van der Waals surface area contributed by atoms with Crippen molar-refractivity contribution in [3.8, 4) is 5.75 Å². The minimum absolute atomic E-state index is 0.110. The van der Waals surface area contributed by atoms with Gasteiger partial charge in [-0.25, -0.2) is 0 Å². The third-order valence-corrected chi connectivity index (χ3v) is 5.11. The Labute approximate surface area is 154 Å². The van der Waals surface area contributed by atoms with Crippen molar-refractivity contribution in [2.75, 3.05) is 20.2 Å². The van der Waals surface area contributed by atoms with E-state index in [-0.39, 0.29) is 11.7 Å². The summed E-state index contributed by atoms with van der Waals surface area (Å²) in [5.74, 6) is 1.56. The van der Waals surface area contributed by atoms with Gasteiger partial charge in [0, 0.05) is 30.6 Å². The minimum atomic E-state index is 0.110. The van der Waals surface area contributed by atoms with E-state index in [9.17, 15) is 9.59 Å². The van der Waals surface area contributed by atoms with Crippen LogP contribution in [0.15, 0.2) is 54.6 Å². The summed E-state index contributed by atoms with van der Waals surface area (Å²) >= 11 is 0. The Hall–Kier alpha value is -2.62. The maximum absolute atomic E-state index is 12.5. The highest BCUT2D eigenvalue weighted by atomic mass is 16.5. The zero-order chi connectivity index (χ0) is 18.4. The Balaban J connectivity index is 1.45. The molecule has 2 aromatic carbocycles. The average Bonchev–Trinajstić information content (AvgIpc) is 2.72. The fourth-order valence-corrected chi connectivity index (χ4v) is 3.44. The monoisotopic (exact) mass is 351 g/mol. The normalized spacial score (nSPS) is 14.9. The summed E-state index contributed by atoms with van der Waals surface area (Å²) in [4.78, 5) is 26.7. The molecule has 0 saturated carbocycles. The van der Waals surface area contributed by atoms with E-state index in [2.05, 4.69) is 0 Å². The second-order valence-electron chi connectivity index (χ2n) is 6.79. The predicted molar refractivity (Wildman–Crippen MR) is 102 cm³/mol. The fraction of sp³-hybridized carbons (Fsp3) is 0.364. The van der Waals surface area contributed by atoms with Crippen LogP contribution in [0.5, 0.6) is 5.75 Å². The van der Waals surface area contributed by atoms with E-state index in [1.807, 2.05) is 59.5 Å². The molecular formula is C22H25NO3. The summed E-state index contributed by atoms with van der Waals surface area (Å²) in [7, 11) is 1.62. The van der Waals surface area contributed by atoms with Crippen LogP contribution in [0.4, 0.5) is 0 Å². The van der Waals surface area contributed by atoms with Gasteiger partial charge in [0.1, 0.15) is 5.75 Å². The van der Waals surface area contributed by atoms with Crippen LogP contribution in [0.2, 0.25) is 0 Å². The third-order valence-electron chi connectivity index (χ3n) is 5.11. The van der Waals surface area contributed by atoms with Crippen molar-refractivity contribution in [1.82, 2.24) is 4.90 Å². The van der Waals surface area contributed by atoms with E-state index in [1.165, 1.54) is 0 Å². The Bertz CT molecular complexity index is 732. The van der Waals surface area contributed by atoms with Gasteiger partial charge in [0.15, 0.2) is 5.78 Å². The minimum Gasteiger partial charge on any atom is -0.497 e. The molecule has 1 heterocycles.